The Morgan fingerprint density at radius 3 is 2.61 bits per heavy atom. The van der Waals surface area contributed by atoms with Gasteiger partial charge in [0.1, 0.15) is 5.82 Å². The Kier molecular flexibility index (Phi) is 5.38. The summed E-state index contributed by atoms with van der Waals surface area (Å²) in [6, 6.07) is 4.18. The fourth-order valence-corrected chi connectivity index (χ4v) is 1.38. The number of allylic oxidation sites excluding steroid dienone is 1. The van der Waals surface area contributed by atoms with Gasteiger partial charge >= 0.3 is 0 Å². The van der Waals surface area contributed by atoms with Gasteiger partial charge in [-0.25, -0.2) is 13.2 Å². The van der Waals surface area contributed by atoms with Crippen molar-refractivity contribution in [3.8, 4) is 0 Å². The standard InChI is InChI=1S/C12H14F3N3/c13-11-2-8(4-16)1-9(3-11)10(5-17)6-18-7-12(14)15/h1-3,5-6,12H,4,7,16-17H2. The third kappa shape index (κ3) is 4.21. The lowest BCUT2D eigenvalue weighted by molar-refractivity contribution is 0.159. The van der Waals surface area contributed by atoms with E-state index < -0.39 is 18.8 Å². The highest BCUT2D eigenvalue weighted by molar-refractivity contribution is 6.09. The van der Waals surface area contributed by atoms with E-state index >= 15 is 0 Å². The first-order valence-corrected chi connectivity index (χ1v) is 5.26. The Balaban J connectivity index is 2.95. The molecule has 0 heterocycles. The molecule has 1 aromatic rings. The number of halogens is 3. The topological polar surface area (TPSA) is 64.4 Å². The lowest BCUT2D eigenvalue weighted by Gasteiger charge is -2.05. The highest BCUT2D eigenvalue weighted by Crippen LogP contribution is 2.16. The van der Waals surface area contributed by atoms with Crippen LogP contribution in [0.3, 0.4) is 0 Å². The molecule has 0 saturated carbocycles. The Labute approximate surface area is 103 Å². The largest absolute Gasteiger partial charge is 0.404 e. The van der Waals surface area contributed by atoms with Gasteiger partial charge in [-0.2, -0.15) is 0 Å². The highest BCUT2D eigenvalue weighted by atomic mass is 19.3. The monoisotopic (exact) mass is 257 g/mol. The lowest BCUT2D eigenvalue weighted by atomic mass is 10.0. The number of nitrogens with zero attached hydrogens (tertiary/aromatic N) is 1. The number of rotatable bonds is 5. The van der Waals surface area contributed by atoms with Gasteiger partial charge in [-0.05, 0) is 29.3 Å². The SMILES string of the molecule is NC=C(C=NCC(F)F)c1cc(F)cc(CN)c1. The van der Waals surface area contributed by atoms with Crippen LogP contribution in [0.25, 0.3) is 5.57 Å². The van der Waals surface area contributed by atoms with Crippen molar-refractivity contribution in [2.75, 3.05) is 6.54 Å². The molecule has 4 N–H and O–H groups in total. The average molecular weight is 257 g/mol. The molecule has 0 radical (unpaired) electrons. The Bertz CT molecular complexity index is 456. The van der Waals surface area contributed by atoms with Crippen molar-refractivity contribution in [1.29, 1.82) is 0 Å². The molecular weight excluding hydrogens is 243 g/mol. The normalized spacial score (nSPS) is 12.6. The van der Waals surface area contributed by atoms with E-state index in [9.17, 15) is 13.2 Å². The van der Waals surface area contributed by atoms with Gasteiger partial charge in [0.15, 0.2) is 0 Å². The summed E-state index contributed by atoms with van der Waals surface area (Å²) in [5.41, 5.74) is 12.2. The summed E-state index contributed by atoms with van der Waals surface area (Å²) in [6.45, 7) is -0.437. The zero-order valence-corrected chi connectivity index (χ0v) is 9.61. The smallest absolute Gasteiger partial charge is 0.257 e. The van der Waals surface area contributed by atoms with E-state index in [1.807, 2.05) is 0 Å². The van der Waals surface area contributed by atoms with Gasteiger partial charge in [0.25, 0.3) is 6.43 Å². The van der Waals surface area contributed by atoms with E-state index in [0.29, 0.717) is 16.7 Å². The molecule has 0 spiro atoms. The molecule has 0 fully saturated rings. The van der Waals surface area contributed by atoms with Crippen LogP contribution in [-0.2, 0) is 6.54 Å². The number of alkyl halides is 2. The van der Waals surface area contributed by atoms with E-state index in [1.165, 1.54) is 24.5 Å². The lowest BCUT2D eigenvalue weighted by Crippen LogP contribution is -2.01. The number of hydrogen-bond acceptors (Lipinski definition) is 3. The molecule has 0 aliphatic carbocycles. The molecule has 0 atom stereocenters. The molecule has 18 heavy (non-hydrogen) atoms. The predicted molar refractivity (Wildman–Crippen MR) is 65.8 cm³/mol. The number of hydrogen-bond donors (Lipinski definition) is 2. The zero-order valence-electron chi connectivity index (χ0n) is 9.61. The second kappa shape index (κ2) is 6.80. The Morgan fingerprint density at radius 1 is 1.33 bits per heavy atom. The van der Waals surface area contributed by atoms with E-state index in [4.69, 9.17) is 11.5 Å². The van der Waals surface area contributed by atoms with Crippen molar-refractivity contribution in [3.63, 3.8) is 0 Å². The Hall–Kier alpha value is -1.82. The first kappa shape index (κ1) is 14.2. The molecule has 0 saturated heterocycles. The maximum atomic E-state index is 13.3. The van der Waals surface area contributed by atoms with Crippen molar-refractivity contribution in [3.05, 3.63) is 41.3 Å². The minimum absolute atomic E-state index is 0.177. The van der Waals surface area contributed by atoms with Crippen LogP contribution >= 0.6 is 0 Å². The molecule has 0 aliphatic rings. The van der Waals surface area contributed by atoms with Crippen LogP contribution in [0.5, 0.6) is 0 Å². The third-order valence-corrected chi connectivity index (χ3v) is 2.18. The maximum Gasteiger partial charge on any atom is 0.257 e. The molecule has 0 aliphatic heterocycles. The highest BCUT2D eigenvalue weighted by Gasteiger charge is 2.04. The number of benzene rings is 1. The molecule has 0 aromatic heterocycles. The molecule has 98 valence electrons. The summed E-state index contributed by atoms with van der Waals surface area (Å²) < 4.78 is 37.1. The van der Waals surface area contributed by atoms with Gasteiger partial charge in [0.2, 0.25) is 0 Å². The van der Waals surface area contributed by atoms with E-state index in [0.717, 1.165) is 0 Å². The summed E-state index contributed by atoms with van der Waals surface area (Å²) in [7, 11) is 0. The van der Waals surface area contributed by atoms with Crippen LogP contribution < -0.4 is 11.5 Å². The minimum atomic E-state index is -2.52. The van der Waals surface area contributed by atoms with Crippen LogP contribution in [0.15, 0.2) is 29.4 Å². The van der Waals surface area contributed by atoms with E-state index in [2.05, 4.69) is 4.99 Å². The minimum Gasteiger partial charge on any atom is -0.404 e. The zero-order chi connectivity index (χ0) is 13.5. The predicted octanol–water partition coefficient (Wildman–Crippen LogP) is 1.92. The molecule has 3 nitrogen and oxygen atoms in total. The van der Waals surface area contributed by atoms with Crippen molar-refractivity contribution in [1.82, 2.24) is 0 Å². The summed E-state index contributed by atoms with van der Waals surface area (Å²) in [5.74, 6) is -0.463. The fraction of sp³-hybridized carbons (Fsp3) is 0.250. The van der Waals surface area contributed by atoms with Crippen molar-refractivity contribution >= 4 is 11.8 Å². The van der Waals surface area contributed by atoms with Crippen LogP contribution in [0, 0.1) is 5.82 Å². The van der Waals surface area contributed by atoms with Gasteiger partial charge < -0.3 is 11.5 Å². The first-order valence-electron chi connectivity index (χ1n) is 5.26. The second-order valence-electron chi connectivity index (χ2n) is 3.56. The fourth-order valence-electron chi connectivity index (χ4n) is 1.38. The molecular formula is C12H14F3N3. The average Bonchev–Trinajstić information content (AvgIpc) is 2.33. The van der Waals surface area contributed by atoms with Gasteiger partial charge in [-0.3, -0.25) is 4.99 Å². The molecule has 0 unspecified atom stereocenters. The number of aliphatic imine (C=N–C) groups is 1. The van der Waals surface area contributed by atoms with E-state index in [1.54, 1.807) is 6.07 Å². The molecule has 1 rings (SSSR count). The van der Waals surface area contributed by atoms with Gasteiger partial charge in [-0.1, -0.05) is 0 Å². The van der Waals surface area contributed by atoms with Crippen LogP contribution in [0.4, 0.5) is 13.2 Å². The van der Waals surface area contributed by atoms with Crippen LogP contribution in [0.2, 0.25) is 0 Å². The summed E-state index contributed by atoms with van der Waals surface area (Å²) >= 11 is 0. The van der Waals surface area contributed by atoms with Crippen molar-refractivity contribution in [2.45, 2.75) is 13.0 Å². The van der Waals surface area contributed by atoms with Crippen molar-refractivity contribution < 1.29 is 13.2 Å². The summed E-state index contributed by atoms with van der Waals surface area (Å²) in [4.78, 5) is 3.53. The first-order chi connectivity index (χ1) is 8.56. The second-order valence-corrected chi connectivity index (χ2v) is 3.56. The van der Waals surface area contributed by atoms with Gasteiger partial charge in [0, 0.05) is 24.5 Å². The number of nitrogens with two attached hydrogens (primary N) is 2. The maximum absolute atomic E-state index is 13.3. The summed E-state index contributed by atoms with van der Waals surface area (Å²) in [6.07, 6.45) is -0.141. The Morgan fingerprint density at radius 2 is 2.06 bits per heavy atom. The quantitative estimate of drug-likeness (QED) is 0.791. The van der Waals surface area contributed by atoms with Gasteiger partial charge in [0.05, 0.1) is 6.54 Å². The molecule has 0 amide bonds. The van der Waals surface area contributed by atoms with Crippen LogP contribution in [-0.4, -0.2) is 19.2 Å². The molecule has 1 aromatic carbocycles. The van der Waals surface area contributed by atoms with E-state index in [-0.39, 0.29) is 6.54 Å². The molecule has 6 heteroatoms. The van der Waals surface area contributed by atoms with Crippen molar-refractivity contribution in [2.24, 2.45) is 16.5 Å². The summed E-state index contributed by atoms with van der Waals surface area (Å²) in [5, 5.41) is 0. The van der Waals surface area contributed by atoms with Crippen LogP contribution in [0.1, 0.15) is 11.1 Å². The van der Waals surface area contributed by atoms with Gasteiger partial charge in [-0.15, -0.1) is 0 Å². The molecule has 0 bridgehead atoms. The third-order valence-electron chi connectivity index (χ3n) is 2.18.